The molecule has 0 fully saturated rings. The molecule has 3 aromatic carbocycles. The topological polar surface area (TPSA) is 161 Å². The molecule has 2 aromatic heterocycles. The van der Waals surface area contributed by atoms with E-state index in [1.807, 2.05) is 32.9 Å². The predicted molar refractivity (Wildman–Crippen MR) is 234 cm³/mol. The summed E-state index contributed by atoms with van der Waals surface area (Å²) in [5.74, 6) is -0.319. The number of rotatable bonds is 16. The number of esters is 1. The minimum Gasteiger partial charge on any atom is -0.497 e. The van der Waals surface area contributed by atoms with Crippen molar-refractivity contribution in [1.82, 2.24) is 9.88 Å². The molecule has 0 bridgehead atoms. The van der Waals surface area contributed by atoms with Gasteiger partial charge in [0.25, 0.3) is 5.91 Å². The zero-order valence-corrected chi connectivity index (χ0v) is 36.9. The molecule has 3 heterocycles. The summed E-state index contributed by atoms with van der Waals surface area (Å²) in [5.41, 5.74) is 3.54. The van der Waals surface area contributed by atoms with E-state index in [0.717, 1.165) is 5.56 Å². The number of ether oxygens (including phenoxy) is 4. The van der Waals surface area contributed by atoms with E-state index in [1.54, 1.807) is 80.4 Å². The number of nitrogens with zero attached hydrogens (tertiary/aromatic N) is 3. The Hall–Kier alpha value is -5.45. The molecule has 16 heteroatoms. The second-order valence-corrected chi connectivity index (χ2v) is 17.9. The van der Waals surface area contributed by atoms with Crippen molar-refractivity contribution in [3.8, 4) is 11.5 Å². The summed E-state index contributed by atoms with van der Waals surface area (Å²) in [7, 11) is 8.89. The van der Waals surface area contributed by atoms with Crippen LogP contribution in [0.15, 0.2) is 63.9 Å². The van der Waals surface area contributed by atoms with Gasteiger partial charge in [-0.3, -0.25) is 19.3 Å². The molecule has 1 aliphatic rings. The number of aromatic nitrogens is 1. The van der Waals surface area contributed by atoms with E-state index >= 15 is 0 Å². The molecular formula is C44H50N4O10S2. The first-order chi connectivity index (χ1) is 28.6. The summed E-state index contributed by atoms with van der Waals surface area (Å²) in [6, 6.07) is 15.9. The number of para-hydroxylation sites is 1. The Bertz CT molecular complexity index is 2460. The third-order valence-electron chi connectivity index (χ3n) is 10.5. The molecule has 60 heavy (non-hydrogen) atoms. The number of amides is 3. The number of anilines is 2. The molecule has 1 aliphatic heterocycles. The quantitative estimate of drug-likeness (QED) is 0.0572. The lowest BCUT2D eigenvalue weighted by atomic mass is 9.93. The highest BCUT2D eigenvalue weighted by Crippen LogP contribution is 2.49. The predicted octanol–water partition coefficient (Wildman–Crippen LogP) is 8.78. The van der Waals surface area contributed by atoms with E-state index in [-0.39, 0.29) is 29.1 Å². The Balaban J connectivity index is 1.28. The molecule has 318 valence electrons. The maximum Gasteiger partial charge on any atom is 0.419 e. The normalized spacial score (nSPS) is 13.7. The van der Waals surface area contributed by atoms with Crippen LogP contribution in [0.25, 0.3) is 21.9 Å². The first-order valence-corrected chi connectivity index (χ1v) is 21.6. The third kappa shape index (κ3) is 9.00. The van der Waals surface area contributed by atoms with Crippen molar-refractivity contribution < 1.29 is 47.3 Å². The molecule has 0 radical (unpaired) electrons. The summed E-state index contributed by atoms with van der Waals surface area (Å²) < 4.78 is 27.5. The zero-order valence-electron chi connectivity index (χ0n) is 35.3. The molecule has 3 amide bonds. The highest BCUT2D eigenvalue weighted by molar-refractivity contribution is 8.77. The van der Waals surface area contributed by atoms with E-state index in [9.17, 15) is 24.0 Å². The molecule has 0 unspecified atom stereocenters. The summed E-state index contributed by atoms with van der Waals surface area (Å²) in [6.07, 6.45) is 0.254. The van der Waals surface area contributed by atoms with Crippen LogP contribution in [-0.2, 0) is 19.1 Å². The molecule has 0 saturated carbocycles. The van der Waals surface area contributed by atoms with Crippen molar-refractivity contribution >= 4 is 84.5 Å². The Morgan fingerprint density at radius 1 is 1.02 bits per heavy atom. The molecule has 0 aliphatic carbocycles. The van der Waals surface area contributed by atoms with E-state index < -0.39 is 22.7 Å². The van der Waals surface area contributed by atoms with Gasteiger partial charge in [-0.05, 0) is 76.1 Å². The molecule has 0 spiro atoms. The van der Waals surface area contributed by atoms with E-state index in [1.165, 1.54) is 40.5 Å². The van der Waals surface area contributed by atoms with Gasteiger partial charge in [0.15, 0.2) is 11.5 Å². The van der Waals surface area contributed by atoms with Crippen molar-refractivity contribution in [1.29, 1.82) is 0 Å². The SMILES string of the molecule is CC[C@@H]1CN(C(=O)c2cc3cc(OC)ccc3o2)c2cc(OC(=O)N(C)c3ccccc3SSC(C)(C)C(=O)N(C)CCOCCC(C)=O)c3[nH]c(C)c(C(=O)OC)c3c21. The van der Waals surface area contributed by atoms with Gasteiger partial charge in [-0.15, -0.1) is 0 Å². The van der Waals surface area contributed by atoms with Crippen LogP contribution >= 0.6 is 21.6 Å². The van der Waals surface area contributed by atoms with Gasteiger partial charge in [0, 0.05) is 67.0 Å². The summed E-state index contributed by atoms with van der Waals surface area (Å²) in [5, 5.41) is 1.22. The molecule has 1 N–H and O–H groups in total. The molecule has 6 rings (SSSR count). The van der Waals surface area contributed by atoms with Crippen LogP contribution in [0.5, 0.6) is 11.5 Å². The smallest absolute Gasteiger partial charge is 0.419 e. The average Bonchev–Trinajstić information content (AvgIpc) is 3.94. The highest BCUT2D eigenvalue weighted by Gasteiger charge is 2.39. The number of aryl methyl sites for hydroxylation is 1. The molecule has 5 aromatic rings. The lowest BCUT2D eigenvalue weighted by molar-refractivity contribution is -0.132. The summed E-state index contributed by atoms with van der Waals surface area (Å²) in [6.45, 7) is 10.2. The van der Waals surface area contributed by atoms with Gasteiger partial charge in [0.05, 0.1) is 54.6 Å². The standard InChI is InChI=1S/C44H50N4O10S2/c1-10-27-24-48(40(50)34-22-28-21-29(54-8)15-16-32(28)57-34)31-23-33(39-38(37(27)31)36(26(3)45-39)41(51)55-9)58-43(53)47(7)30-13-11-12-14-35(30)59-60-44(4,5)42(52)46(6)18-20-56-19-17-25(2)49/h11-16,21-23,27,45H,10,17-20,24H2,1-9H3/t27-/m1/s1. The number of Topliss-reactive ketones (excluding diaryl/α,β-unsaturated/α-hetero) is 1. The van der Waals surface area contributed by atoms with Crippen molar-refractivity contribution in [3.63, 3.8) is 0 Å². The number of carbonyl (C=O) groups excluding carboxylic acids is 5. The van der Waals surface area contributed by atoms with Crippen LogP contribution in [0.3, 0.4) is 0 Å². The Morgan fingerprint density at radius 3 is 2.47 bits per heavy atom. The number of hydrogen-bond acceptors (Lipinski definition) is 12. The molecular weight excluding hydrogens is 809 g/mol. The van der Waals surface area contributed by atoms with Gasteiger partial charge in [-0.2, -0.15) is 0 Å². The Kier molecular flexibility index (Phi) is 13.6. The lowest BCUT2D eigenvalue weighted by Crippen LogP contribution is -2.42. The number of nitrogens with one attached hydrogen (secondary N) is 1. The number of hydrogen-bond donors (Lipinski definition) is 1. The summed E-state index contributed by atoms with van der Waals surface area (Å²) >= 11 is 0. The van der Waals surface area contributed by atoms with Crippen LogP contribution in [0.4, 0.5) is 16.2 Å². The number of benzene rings is 3. The van der Waals surface area contributed by atoms with Crippen LogP contribution in [-0.4, -0.2) is 98.9 Å². The highest BCUT2D eigenvalue weighted by atomic mass is 33.1. The van der Waals surface area contributed by atoms with Crippen molar-refractivity contribution in [2.45, 2.75) is 63.0 Å². The van der Waals surface area contributed by atoms with Gasteiger partial charge in [-0.25, -0.2) is 9.59 Å². The van der Waals surface area contributed by atoms with Gasteiger partial charge in [0.2, 0.25) is 5.91 Å². The number of aromatic amines is 1. The summed E-state index contributed by atoms with van der Waals surface area (Å²) in [4.78, 5) is 75.0. The minimum atomic E-state index is -0.848. The van der Waals surface area contributed by atoms with Crippen molar-refractivity contribution in [2.75, 3.05) is 64.4 Å². The largest absolute Gasteiger partial charge is 0.497 e. The van der Waals surface area contributed by atoms with E-state index in [0.29, 0.717) is 94.3 Å². The number of likely N-dealkylation sites (N-methyl/N-ethyl adjacent to an activating group) is 1. The average molecular weight is 859 g/mol. The van der Waals surface area contributed by atoms with Gasteiger partial charge >= 0.3 is 12.1 Å². The lowest BCUT2D eigenvalue weighted by Gasteiger charge is -2.29. The first-order valence-electron chi connectivity index (χ1n) is 19.5. The second kappa shape index (κ2) is 18.4. The fourth-order valence-corrected chi connectivity index (χ4v) is 9.69. The fraction of sp³-hybridized carbons (Fsp3) is 0.386. The molecule has 0 saturated heterocycles. The number of carbonyl (C=O) groups is 5. The van der Waals surface area contributed by atoms with Crippen LogP contribution < -0.4 is 19.3 Å². The van der Waals surface area contributed by atoms with Crippen LogP contribution in [0.1, 0.15) is 78.6 Å². The van der Waals surface area contributed by atoms with Gasteiger partial charge in [0.1, 0.15) is 17.1 Å². The second-order valence-electron chi connectivity index (χ2n) is 15.1. The van der Waals surface area contributed by atoms with Gasteiger partial charge < -0.3 is 38.1 Å². The minimum absolute atomic E-state index is 0.0473. The van der Waals surface area contributed by atoms with Crippen molar-refractivity contribution in [2.24, 2.45) is 0 Å². The zero-order chi connectivity index (χ0) is 43.5. The number of fused-ring (bicyclic) bond motifs is 4. The molecule has 14 nitrogen and oxygen atoms in total. The van der Waals surface area contributed by atoms with Crippen LogP contribution in [0.2, 0.25) is 0 Å². The van der Waals surface area contributed by atoms with Gasteiger partial charge in [-0.1, -0.05) is 40.6 Å². The maximum absolute atomic E-state index is 14.3. The molecule has 1 atom stereocenters. The third-order valence-corrected chi connectivity index (χ3v) is 13.7. The Morgan fingerprint density at radius 2 is 1.77 bits per heavy atom. The van der Waals surface area contributed by atoms with E-state index in [4.69, 9.17) is 23.4 Å². The van der Waals surface area contributed by atoms with E-state index in [2.05, 4.69) is 4.98 Å². The Labute approximate surface area is 356 Å². The van der Waals surface area contributed by atoms with Crippen LogP contribution in [0, 0.1) is 6.92 Å². The first kappa shape index (κ1) is 44.1. The monoisotopic (exact) mass is 858 g/mol. The number of furan rings is 1. The fourth-order valence-electron chi connectivity index (χ4n) is 7.21. The number of methoxy groups -OCH3 is 2. The number of ketones is 1. The van der Waals surface area contributed by atoms with Crippen molar-refractivity contribution in [3.05, 3.63) is 77.2 Å². The number of H-pyrrole nitrogens is 1. The maximum atomic E-state index is 14.3.